The lowest BCUT2D eigenvalue weighted by atomic mass is 10.2. The molecule has 0 unspecified atom stereocenters. The van der Waals surface area contributed by atoms with E-state index in [0.717, 1.165) is 11.4 Å². The average Bonchev–Trinajstić information content (AvgIpc) is 2.81. The molecular weight excluding hydrogens is 308 g/mol. The van der Waals surface area contributed by atoms with Crippen molar-refractivity contribution in [3.8, 4) is 0 Å². The van der Waals surface area contributed by atoms with Crippen molar-refractivity contribution in [3.63, 3.8) is 0 Å². The molecule has 0 saturated heterocycles. The highest BCUT2D eigenvalue weighted by atomic mass is 16.6. The maximum Gasteiger partial charge on any atom is 0.270 e. The lowest BCUT2D eigenvalue weighted by Gasteiger charge is -2.08. The summed E-state index contributed by atoms with van der Waals surface area (Å²) in [4.78, 5) is 22.4. The zero-order valence-corrected chi connectivity index (χ0v) is 14.1. The molecule has 0 aliphatic carbocycles. The maximum absolute atomic E-state index is 12.1. The van der Waals surface area contributed by atoms with Gasteiger partial charge in [-0.3, -0.25) is 19.6 Å². The number of nitrogens with one attached hydrogen (secondary N) is 1. The minimum atomic E-state index is -0.468. The first kappa shape index (κ1) is 17.4. The third kappa shape index (κ3) is 3.87. The number of hydrogen-bond acceptors (Lipinski definition) is 4. The summed E-state index contributed by atoms with van der Waals surface area (Å²) in [7, 11) is 0. The third-order valence-electron chi connectivity index (χ3n) is 3.57. The van der Waals surface area contributed by atoms with Gasteiger partial charge in [-0.1, -0.05) is 12.1 Å². The van der Waals surface area contributed by atoms with E-state index in [1.807, 2.05) is 32.4 Å². The van der Waals surface area contributed by atoms with Crippen LogP contribution in [0, 0.1) is 24.0 Å². The Kier molecular flexibility index (Phi) is 5.13. The zero-order chi connectivity index (χ0) is 17.9. The summed E-state index contributed by atoms with van der Waals surface area (Å²) in [5.41, 5.74) is 2.91. The molecule has 2 rings (SSSR count). The molecule has 7 nitrogen and oxygen atoms in total. The number of nitrogens with zero attached hydrogens (tertiary/aromatic N) is 3. The number of rotatable bonds is 5. The van der Waals surface area contributed by atoms with Crippen LogP contribution in [0.3, 0.4) is 0 Å². The molecule has 0 aliphatic rings. The number of non-ortho nitro benzene ring substituents is 1. The Balaban J connectivity index is 2.14. The van der Waals surface area contributed by atoms with E-state index in [1.54, 1.807) is 18.2 Å². The zero-order valence-electron chi connectivity index (χ0n) is 14.1. The highest BCUT2D eigenvalue weighted by Gasteiger charge is 2.14. The van der Waals surface area contributed by atoms with Gasteiger partial charge in [0.05, 0.1) is 22.0 Å². The van der Waals surface area contributed by atoms with E-state index in [2.05, 4.69) is 10.4 Å². The van der Waals surface area contributed by atoms with Gasteiger partial charge >= 0.3 is 0 Å². The smallest absolute Gasteiger partial charge is 0.270 e. The largest absolute Gasteiger partial charge is 0.319 e. The second-order valence-corrected chi connectivity index (χ2v) is 5.76. The van der Waals surface area contributed by atoms with Gasteiger partial charge in [-0.25, -0.2) is 0 Å². The van der Waals surface area contributed by atoms with Crippen LogP contribution in [0.25, 0.3) is 6.08 Å². The standard InChI is InChI=1S/C17H20N4O3/c1-11(2)20-13(4)17(12(3)19-20)18-16(22)9-8-14-6-5-7-15(10-14)21(23)24/h5-11H,1-4H3,(H,18,22). The molecule has 1 aromatic heterocycles. The molecule has 0 bridgehead atoms. The van der Waals surface area contributed by atoms with Crippen LogP contribution < -0.4 is 5.32 Å². The molecule has 126 valence electrons. The highest BCUT2D eigenvalue weighted by molar-refractivity contribution is 6.02. The van der Waals surface area contributed by atoms with Crippen molar-refractivity contribution >= 4 is 23.4 Å². The number of carbonyl (C=O) groups excluding carboxylic acids is 1. The van der Waals surface area contributed by atoms with Gasteiger partial charge in [-0.2, -0.15) is 5.10 Å². The fourth-order valence-electron chi connectivity index (χ4n) is 2.43. The van der Waals surface area contributed by atoms with Crippen LogP contribution in [0.4, 0.5) is 11.4 Å². The summed E-state index contributed by atoms with van der Waals surface area (Å²) in [6, 6.07) is 6.30. The first-order valence-electron chi connectivity index (χ1n) is 7.59. The number of nitro benzene ring substituents is 1. The van der Waals surface area contributed by atoms with E-state index < -0.39 is 4.92 Å². The molecule has 2 aromatic rings. The number of hydrogen-bond donors (Lipinski definition) is 1. The third-order valence-corrected chi connectivity index (χ3v) is 3.57. The van der Waals surface area contributed by atoms with Crippen molar-refractivity contribution in [2.45, 2.75) is 33.7 Å². The molecule has 24 heavy (non-hydrogen) atoms. The van der Waals surface area contributed by atoms with Crippen molar-refractivity contribution in [1.82, 2.24) is 9.78 Å². The lowest BCUT2D eigenvalue weighted by Crippen LogP contribution is -2.10. The summed E-state index contributed by atoms with van der Waals surface area (Å²) in [6.07, 6.45) is 2.89. The Morgan fingerprint density at radius 3 is 2.67 bits per heavy atom. The van der Waals surface area contributed by atoms with E-state index in [4.69, 9.17) is 0 Å². The van der Waals surface area contributed by atoms with Crippen molar-refractivity contribution in [1.29, 1.82) is 0 Å². The number of nitro groups is 1. The SMILES string of the molecule is Cc1nn(C(C)C)c(C)c1NC(=O)C=Cc1cccc([N+](=O)[O-])c1. The number of aromatic nitrogens is 2. The first-order valence-corrected chi connectivity index (χ1v) is 7.59. The van der Waals surface area contributed by atoms with Gasteiger partial charge in [0.25, 0.3) is 5.69 Å². The number of benzene rings is 1. The predicted octanol–water partition coefficient (Wildman–Crippen LogP) is 3.64. The second-order valence-electron chi connectivity index (χ2n) is 5.76. The van der Waals surface area contributed by atoms with Crippen LogP contribution in [-0.4, -0.2) is 20.6 Å². The van der Waals surface area contributed by atoms with Crippen LogP contribution >= 0.6 is 0 Å². The predicted molar refractivity (Wildman–Crippen MR) is 92.8 cm³/mol. The highest BCUT2D eigenvalue weighted by Crippen LogP contribution is 2.22. The summed E-state index contributed by atoms with van der Waals surface area (Å²) in [5, 5.41) is 18.0. The Bertz CT molecular complexity index is 806. The van der Waals surface area contributed by atoms with E-state index >= 15 is 0 Å². The van der Waals surface area contributed by atoms with Gasteiger partial charge in [0.2, 0.25) is 5.91 Å². The monoisotopic (exact) mass is 328 g/mol. The van der Waals surface area contributed by atoms with E-state index in [9.17, 15) is 14.9 Å². The van der Waals surface area contributed by atoms with E-state index in [0.29, 0.717) is 11.3 Å². The minimum Gasteiger partial charge on any atom is -0.319 e. The molecule has 1 heterocycles. The van der Waals surface area contributed by atoms with Crippen LogP contribution in [-0.2, 0) is 4.79 Å². The fraction of sp³-hybridized carbons (Fsp3) is 0.294. The molecule has 1 N–H and O–H groups in total. The van der Waals surface area contributed by atoms with Crippen molar-refractivity contribution in [2.75, 3.05) is 5.32 Å². The number of amides is 1. The van der Waals surface area contributed by atoms with Gasteiger partial charge < -0.3 is 5.32 Å². The number of aryl methyl sites for hydroxylation is 1. The first-order chi connectivity index (χ1) is 11.3. The summed E-state index contributed by atoms with van der Waals surface area (Å²) < 4.78 is 1.86. The van der Waals surface area contributed by atoms with E-state index in [1.165, 1.54) is 18.2 Å². The normalized spacial score (nSPS) is 11.2. The molecule has 0 radical (unpaired) electrons. The van der Waals surface area contributed by atoms with Gasteiger partial charge in [-0.05, 0) is 39.3 Å². The Morgan fingerprint density at radius 2 is 2.08 bits per heavy atom. The van der Waals surface area contributed by atoms with Crippen molar-refractivity contribution in [2.24, 2.45) is 0 Å². The molecule has 1 aromatic carbocycles. The minimum absolute atomic E-state index is 0.0116. The Hall–Kier alpha value is -2.96. The lowest BCUT2D eigenvalue weighted by molar-refractivity contribution is -0.384. The number of carbonyl (C=O) groups is 1. The molecule has 0 aliphatic heterocycles. The molecule has 0 saturated carbocycles. The molecule has 0 spiro atoms. The molecular formula is C17H20N4O3. The second kappa shape index (κ2) is 7.08. The molecule has 0 atom stereocenters. The van der Waals surface area contributed by atoms with Crippen LogP contribution in [0.2, 0.25) is 0 Å². The van der Waals surface area contributed by atoms with Crippen molar-refractivity contribution < 1.29 is 9.72 Å². The molecule has 7 heteroatoms. The fourth-order valence-corrected chi connectivity index (χ4v) is 2.43. The van der Waals surface area contributed by atoms with Crippen molar-refractivity contribution in [3.05, 3.63) is 57.4 Å². The van der Waals surface area contributed by atoms with Crippen LogP contribution in [0.5, 0.6) is 0 Å². The van der Waals surface area contributed by atoms with Crippen LogP contribution in [0.15, 0.2) is 30.3 Å². The van der Waals surface area contributed by atoms with E-state index in [-0.39, 0.29) is 17.6 Å². The molecule has 0 fully saturated rings. The van der Waals surface area contributed by atoms with Gasteiger partial charge in [-0.15, -0.1) is 0 Å². The van der Waals surface area contributed by atoms with Gasteiger partial charge in [0.1, 0.15) is 0 Å². The topological polar surface area (TPSA) is 90.1 Å². The summed E-state index contributed by atoms with van der Waals surface area (Å²) >= 11 is 0. The molecule has 1 amide bonds. The average molecular weight is 328 g/mol. The number of anilines is 1. The van der Waals surface area contributed by atoms with Crippen LogP contribution in [0.1, 0.15) is 36.8 Å². The summed E-state index contributed by atoms with van der Waals surface area (Å²) in [5.74, 6) is -0.309. The van der Waals surface area contributed by atoms with Gasteiger partial charge in [0.15, 0.2) is 0 Å². The Labute approximate surface area is 140 Å². The summed E-state index contributed by atoms with van der Waals surface area (Å²) in [6.45, 7) is 7.78. The van der Waals surface area contributed by atoms with Gasteiger partial charge in [0, 0.05) is 24.3 Å². The Morgan fingerprint density at radius 1 is 1.38 bits per heavy atom. The maximum atomic E-state index is 12.1. The quantitative estimate of drug-likeness (QED) is 0.515.